The van der Waals surface area contributed by atoms with Gasteiger partial charge in [0.15, 0.2) is 0 Å². The summed E-state index contributed by atoms with van der Waals surface area (Å²) in [6.45, 7) is 8.43. The van der Waals surface area contributed by atoms with Crippen molar-refractivity contribution >= 4 is 11.6 Å². The van der Waals surface area contributed by atoms with Crippen molar-refractivity contribution in [1.29, 1.82) is 0 Å². The van der Waals surface area contributed by atoms with E-state index in [-0.39, 0.29) is 11.8 Å². The average Bonchev–Trinajstić information content (AvgIpc) is 3.34. The van der Waals surface area contributed by atoms with E-state index in [4.69, 9.17) is 4.52 Å². The summed E-state index contributed by atoms with van der Waals surface area (Å²) in [5, 5.41) is 7.30. The van der Waals surface area contributed by atoms with Gasteiger partial charge in [-0.1, -0.05) is 53.2 Å². The molecule has 2 heterocycles. The molecule has 1 atom stereocenters. The monoisotopic (exact) mass is 482 g/mol. The molecule has 7 heteroatoms. The van der Waals surface area contributed by atoms with Gasteiger partial charge < -0.3 is 9.84 Å². The molecule has 0 saturated heterocycles. The Kier molecular flexibility index (Phi) is 6.14. The first-order chi connectivity index (χ1) is 17.3. The Balaban J connectivity index is 1.60. The zero-order chi connectivity index (χ0) is 25.4. The molecule has 1 aromatic heterocycles. The number of hydrogen-bond donors (Lipinski definition) is 1. The van der Waals surface area contributed by atoms with Crippen LogP contribution in [-0.2, 0) is 6.54 Å². The van der Waals surface area contributed by atoms with E-state index in [0.717, 1.165) is 33.5 Å². The van der Waals surface area contributed by atoms with Crippen molar-refractivity contribution in [2.45, 2.75) is 40.3 Å². The van der Waals surface area contributed by atoms with Gasteiger partial charge in [-0.15, -0.1) is 0 Å². The lowest BCUT2D eigenvalue weighted by Gasteiger charge is -2.35. The van der Waals surface area contributed by atoms with Crippen LogP contribution in [0.4, 0.5) is 9.18 Å². The number of hydrogen-bond acceptors (Lipinski definition) is 4. The van der Waals surface area contributed by atoms with E-state index in [9.17, 15) is 9.18 Å². The summed E-state index contributed by atoms with van der Waals surface area (Å²) in [4.78, 5) is 19.7. The van der Waals surface area contributed by atoms with Gasteiger partial charge in [0, 0.05) is 11.3 Å². The van der Waals surface area contributed by atoms with Crippen molar-refractivity contribution in [3.05, 3.63) is 112 Å². The maximum atomic E-state index is 13.4. The van der Waals surface area contributed by atoms with Crippen LogP contribution in [0.5, 0.6) is 0 Å². The van der Waals surface area contributed by atoms with Crippen LogP contribution in [-0.4, -0.2) is 21.1 Å². The third-order valence-corrected chi connectivity index (χ3v) is 6.68. The number of nitrogens with one attached hydrogen (secondary N) is 1. The van der Waals surface area contributed by atoms with Gasteiger partial charge in [-0.05, 0) is 74.2 Å². The predicted molar refractivity (Wildman–Crippen MR) is 136 cm³/mol. The van der Waals surface area contributed by atoms with Crippen LogP contribution in [0.3, 0.4) is 0 Å². The van der Waals surface area contributed by atoms with Gasteiger partial charge in [0.1, 0.15) is 5.82 Å². The number of halogens is 1. The minimum absolute atomic E-state index is 0.196. The Bertz CT molecular complexity index is 1460. The average molecular weight is 483 g/mol. The molecule has 1 aliphatic heterocycles. The van der Waals surface area contributed by atoms with Gasteiger partial charge in [-0.2, -0.15) is 4.98 Å². The number of urea groups is 1. The molecule has 0 fully saturated rings. The molecule has 4 aromatic rings. The number of aromatic nitrogens is 2. The fourth-order valence-corrected chi connectivity index (χ4v) is 4.37. The van der Waals surface area contributed by atoms with Gasteiger partial charge in [0.05, 0.1) is 18.2 Å². The Morgan fingerprint density at radius 1 is 0.944 bits per heavy atom. The molecule has 0 radical (unpaired) electrons. The molecule has 182 valence electrons. The number of allylic oxidation sites excluding steroid dienone is 1. The number of carbonyl (C=O) groups is 1. The summed E-state index contributed by atoms with van der Waals surface area (Å²) >= 11 is 0. The summed E-state index contributed by atoms with van der Waals surface area (Å²) in [6, 6.07) is 19.5. The molecule has 3 aromatic carbocycles. The first-order valence-electron chi connectivity index (χ1n) is 11.8. The molecule has 0 bridgehead atoms. The van der Waals surface area contributed by atoms with E-state index in [1.807, 2.05) is 57.2 Å². The van der Waals surface area contributed by atoms with E-state index < -0.39 is 6.04 Å². The van der Waals surface area contributed by atoms with E-state index in [2.05, 4.69) is 28.4 Å². The second-order valence-corrected chi connectivity index (χ2v) is 9.23. The van der Waals surface area contributed by atoms with Crippen LogP contribution < -0.4 is 5.32 Å². The second-order valence-electron chi connectivity index (χ2n) is 9.23. The van der Waals surface area contributed by atoms with E-state index in [1.54, 1.807) is 17.0 Å². The normalized spacial score (nSPS) is 15.9. The van der Waals surface area contributed by atoms with Crippen LogP contribution in [0.1, 0.15) is 46.7 Å². The molecular weight excluding hydrogens is 455 g/mol. The van der Waals surface area contributed by atoms with Crippen molar-refractivity contribution in [3.63, 3.8) is 0 Å². The lowest BCUT2D eigenvalue weighted by molar-refractivity contribution is 0.203. The summed E-state index contributed by atoms with van der Waals surface area (Å²) < 4.78 is 19.1. The van der Waals surface area contributed by atoms with Crippen molar-refractivity contribution < 1.29 is 13.7 Å². The number of benzene rings is 3. The van der Waals surface area contributed by atoms with Gasteiger partial charge in [-0.3, -0.25) is 4.90 Å². The molecule has 0 saturated carbocycles. The van der Waals surface area contributed by atoms with Crippen molar-refractivity contribution in [2.24, 2.45) is 0 Å². The van der Waals surface area contributed by atoms with Crippen molar-refractivity contribution in [2.75, 3.05) is 0 Å². The van der Waals surface area contributed by atoms with Crippen LogP contribution in [0.2, 0.25) is 0 Å². The molecule has 36 heavy (non-hydrogen) atoms. The van der Waals surface area contributed by atoms with Gasteiger partial charge in [0.2, 0.25) is 5.82 Å². The lowest BCUT2D eigenvalue weighted by atomic mass is 9.92. The SMILES string of the molecule is CC1=C(c2nc(-c3ccc(F)cc3)no2)C(c2ccc(C)c(C)c2)NC(=O)N1Cc1ccc(C)cc1. The van der Waals surface area contributed by atoms with Crippen LogP contribution >= 0.6 is 0 Å². The van der Waals surface area contributed by atoms with Gasteiger partial charge in [0.25, 0.3) is 5.89 Å². The van der Waals surface area contributed by atoms with E-state index in [0.29, 0.717) is 23.8 Å². The largest absolute Gasteiger partial charge is 0.334 e. The third kappa shape index (κ3) is 4.52. The summed E-state index contributed by atoms with van der Waals surface area (Å²) in [6.07, 6.45) is 0. The molecule has 1 aliphatic rings. The van der Waals surface area contributed by atoms with Gasteiger partial charge >= 0.3 is 6.03 Å². The highest BCUT2D eigenvalue weighted by molar-refractivity contribution is 5.87. The Hall–Kier alpha value is -4.26. The smallest absolute Gasteiger partial charge is 0.322 e. The van der Waals surface area contributed by atoms with Gasteiger partial charge in [-0.25, -0.2) is 9.18 Å². The van der Waals surface area contributed by atoms with Crippen LogP contribution in [0, 0.1) is 26.6 Å². The lowest BCUT2D eigenvalue weighted by Crippen LogP contribution is -2.45. The first kappa shape index (κ1) is 23.5. The molecule has 6 nitrogen and oxygen atoms in total. The Morgan fingerprint density at radius 3 is 2.36 bits per heavy atom. The topological polar surface area (TPSA) is 71.3 Å². The highest BCUT2D eigenvalue weighted by Crippen LogP contribution is 2.38. The zero-order valence-corrected chi connectivity index (χ0v) is 20.7. The van der Waals surface area contributed by atoms with Crippen LogP contribution in [0.25, 0.3) is 17.0 Å². The van der Waals surface area contributed by atoms with Crippen LogP contribution in [0.15, 0.2) is 77.0 Å². The van der Waals surface area contributed by atoms with Crippen molar-refractivity contribution in [3.8, 4) is 11.4 Å². The quantitative estimate of drug-likeness (QED) is 0.353. The highest BCUT2D eigenvalue weighted by Gasteiger charge is 2.36. The van der Waals surface area contributed by atoms with E-state index in [1.165, 1.54) is 17.7 Å². The molecule has 2 amide bonds. The molecule has 0 aliphatic carbocycles. The number of rotatable bonds is 5. The molecule has 0 spiro atoms. The number of amides is 2. The second kappa shape index (κ2) is 9.41. The third-order valence-electron chi connectivity index (χ3n) is 6.68. The molecule has 5 rings (SSSR count). The molecule has 1 N–H and O–H groups in total. The van der Waals surface area contributed by atoms with Crippen molar-refractivity contribution in [1.82, 2.24) is 20.4 Å². The fourth-order valence-electron chi connectivity index (χ4n) is 4.37. The maximum Gasteiger partial charge on any atom is 0.322 e. The minimum Gasteiger partial charge on any atom is -0.334 e. The zero-order valence-electron chi connectivity index (χ0n) is 20.7. The highest BCUT2D eigenvalue weighted by atomic mass is 19.1. The number of nitrogens with zero attached hydrogens (tertiary/aromatic N) is 3. The first-order valence-corrected chi connectivity index (χ1v) is 11.8. The minimum atomic E-state index is -0.465. The summed E-state index contributed by atoms with van der Waals surface area (Å²) in [5.41, 5.74) is 7.49. The van der Waals surface area contributed by atoms with E-state index >= 15 is 0 Å². The Labute approximate surface area is 209 Å². The number of aryl methyl sites for hydroxylation is 3. The summed E-state index contributed by atoms with van der Waals surface area (Å²) in [5.74, 6) is 0.327. The summed E-state index contributed by atoms with van der Waals surface area (Å²) in [7, 11) is 0. The standard InChI is InChI=1S/C29H27FN4O2/c1-17-5-8-21(9-6-17)16-34-20(4)25(26(31-29(34)35)23-10-7-18(2)19(3)15-23)28-32-27(33-36-28)22-11-13-24(30)14-12-22/h5-15,26H,16H2,1-4H3,(H,31,35). The molecular formula is C29H27FN4O2. The fraction of sp³-hybridized carbons (Fsp3) is 0.207. The Morgan fingerprint density at radius 2 is 1.67 bits per heavy atom. The predicted octanol–water partition coefficient (Wildman–Crippen LogP) is 6.50. The number of carbonyl (C=O) groups excluding carboxylic acids is 1. The maximum absolute atomic E-state index is 13.4. The molecule has 1 unspecified atom stereocenters.